The van der Waals surface area contributed by atoms with Crippen molar-refractivity contribution in [3.63, 3.8) is 0 Å². The Labute approximate surface area is 129 Å². The number of rotatable bonds is 4. The minimum Gasteiger partial charge on any atom is -0.550 e. The summed E-state index contributed by atoms with van der Waals surface area (Å²) in [6.45, 7) is 1.97. The molecule has 2 aromatic carbocycles. The van der Waals surface area contributed by atoms with Crippen LogP contribution in [-0.2, 0) is 17.3 Å². The Kier molecular flexibility index (Phi) is 3.49. The molecule has 3 rings (SSSR count). The number of carbonyl (C=O) groups is 1. The number of hydrogen-bond acceptors (Lipinski definition) is 2. The first-order valence-electron chi connectivity index (χ1n) is 7.32. The molecule has 0 spiro atoms. The van der Waals surface area contributed by atoms with Crippen LogP contribution in [0.25, 0.3) is 10.9 Å². The lowest BCUT2D eigenvalue weighted by Crippen LogP contribution is -2.34. The number of aliphatic carboxylic acids is 1. The summed E-state index contributed by atoms with van der Waals surface area (Å²) in [6.07, 6.45) is 1.98. The maximum absolute atomic E-state index is 11.4. The van der Waals surface area contributed by atoms with Gasteiger partial charge in [-0.2, -0.15) is 0 Å². The zero-order valence-corrected chi connectivity index (χ0v) is 12.7. The van der Waals surface area contributed by atoms with E-state index in [1.165, 1.54) is 0 Å². The number of hydrogen-bond donors (Lipinski definition) is 0. The van der Waals surface area contributed by atoms with E-state index in [9.17, 15) is 9.90 Å². The van der Waals surface area contributed by atoms with Gasteiger partial charge in [0.2, 0.25) is 0 Å². The maximum atomic E-state index is 11.4. The van der Waals surface area contributed by atoms with Crippen LogP contribution in [0.1, 0.15) is 24.5 Å². The zero-order valence-electron chi connectivity index (χ0n) is 12.7. The van der Waals surface area contributed by atoms with Crippen LogP contribution in [0.15, 0.2) is 60.8 Å². The molecule has 0 fully saturated rings. The van der Waals surface area contributed by atoms with Gasteiger partial charge in [-0.1, -0.05) is 55.5 Å². The van der Waals surface area contributed by atoms with E-state index in [1.54, 1.807) is 0 Å². The third-order valence-electron chi connectivity index (χ3n) is 4.40. The second-order valence-electron chi connectivity index (χ2n) is 5.92. The lowest BCUT2D eigenvalue weighted by Gasteiger charge is -2.31. The van der Waals surface area contributed by atoms with Crippen LogP contribution in [0.2, 0.25) is 0 Å². The van der Waals surface area contributed by atoms with Crippen LogP contribution in [0.3, 0.4) is 0 Å². The number of para-hydroxylation sites is 1. The van der Waals surface area contributed by atoms with Gasteiger partial charge in [0.25, 0.3) is 0 Å². The fourth-order valence-electron chi connectivity index (χ4n) is 3.23. The van der Waals surface area contributed by atoms with Crippen LogP contribution >= 0.6 is 0 Å². The fraction of sp³-hybridized carbons (Fsp3) is 0.211. The molecule has 0 amide bonds. The van der Waals surface area contributed by atoms with Gasteiger partial charge in [0.05, 0.1) is 0 Å². The maximum Gasteiger partial charge on any atom is 0.0480 e. The van der Waals surface area contributed by atoms with Crippen molar-refractivity contribution < 1.29 is 9.90 Å². The van der Waals surface area contributed by atoms with Gasteiger partial charge in [0, 0.05) is 42.0 Å². The summed E-state index contributed by atoms with van der Waals surface area (Å²) >= 11 is 0. The third kappa shape index (κ3) is 2.29. The summed E-state index contributed by atoms with van der Waals surface area (Å²) in [7, 11) is 1.98. The highest BCUT2D eigenvalue weighted by Gasteiger charge is 2.32. The Morgan fingerprint density at radius 3 is 2.41 bits per heavy atom. The molecule has 22 heavy (non-hydrogen) atoms. The first-order valence-corrected chi connectivity index (χ1v) is 7.32. The molecule has 0 aliphatic rings. The molecule has 3 heteroatoms. The number of aryl methyl sites for hydroxylation is 1. The normalized spacial score (nSPS) is 13.9. The zero-order chi connectivity index (χ0) is 15.7. The predicted molar refractivity (Wildman–Crippen MR) is 85.4 cm³/mol. The van der Waals surface area contributed by atoms with Crippen molar-refractivity contribution in [2.75, 3.05) is 0 Å². The van der Waals surface area contributed by atoms with Crippen molar-refractivity contribution >= 4 is 16.9 Å². The van der Waals surface area contributed by atoms with E-state index in [0.717, 1.165) is 22.0 Å². The van der Waals surface area contributed by atoms with Crippen LogP contribution in [0, 0.1) is 0 Å². The topological polar surface area (TPSA) is 45.1 Å². The van der Waals surface area contributed by atoms with Crippen molar-refractivity contribution in [1.82, 2.24) is 4.57 Å². The average Bonchev–Trinajstić information content (AvgIpc) is 2.86. The van der Waals surface area contributed by atoms with Gasteiger partial charge in [-0.25, -0.2) is 0 Å². The summed E-state index contributed by atoms with van der Waals surface area (Å²) in [5, 5.41) is 12.5. The first kappa shape index (κ1) is 14.4. The largest absolute Gasteiger partial charge is 0.550 e. The number of carboxylic acids is 1. The summed E-state index contributed by atoms with van der Waals surface area (Å²) in [5.74, 6) is -1.04. The molecular formula is C19H18NO2-. The second kappa shape index (κ2) is 5.34. The molecule has 0 N–H and O–H groups in total. The van der Waals surface area contributed by atoms with Gasteiger partial charge >= 0.3 is 0 Å². The quantitative estimate of drug-likeness (QED) is 0.742. The molecule has 0 saturated carbocycles. The van der Waals surface area contributed by atoms with Gasteiger partial charge in [-0.15, -0.1) is 0 Å². The SMILES string of the molecule is Cn1cc(C(C)(CC(=O)[O-])c2ccccc2)c2ccccc21. The highest BCUT2D eigenvalue weighted by atomic mass is 16.4. The molecule has 1 heterocycles. The fourth-order valence-corrected chi connectivity index (χ4v) is 3.23. The van der Waals surface area contributed by atoms with E-state index >= 15 is 0 Å². The summed E-state index contributed by atoms with van der Waals surface area (Å²) < 4.78 is 2.04. The number of carboxylic acid groups (broad SMARTS) is 1. The Balaban J connectivity index is 2.27. The smallest absolute Gasteiger partial charge is 0.0480 e. The van der Waals surface area contributed by atoms with Crippen LogP contribution in [-0.4, -0.2) is 10.5 Å². The van der Waals surface area contributed by atoms with Gasteiger partial charge in [0.1, 0.15) is 0 Å². The molecule has 3 nitrogen and oxygen atoms in total. The van der Waals surface area contributed by atoms with E-state index < -0.39 is 11.4 Å². The number of benzene rings is 2. The lowest BCUT2D eigenvalue weighted by molar-refractivity contribution is -0.306. The van der Waals surface area contributed by atoms with E-state index in [4.69, 9.17) is 0 Å². The summed E-state index contributed by atoms with van der Waals surface area (Å²) in [4.78, 5) is 11.4. The molecule has 1 atom stereocenters. The number of aromatic nitrogens is 1. The summed E-state index contributed by atoms with van der Waals surface area (Å²) in [5.41, 5.74) is 2.47. The Morgan fingerprint density at radius 1 is 1.09 bits per heavy atom. The van der Waals surface area contributed by atoms with Gasteiger partial charge < -0.3 is 14.5 Å². The van der Waals surface area contributed by atoms with Crippen molar-refractivity contribution in [2.24, 2.45) is 7.05 Å². The predicted octanol–water partition coefficient (Wildman–Crippen LogP) is 2.62. The number of carbonyl (C=O) groups excluding carboxylic acids is 1. The van der Waals surface area contributed by atoms with Crippen molar-refractivity contribution in [3.8, 4) is 0 Å². The average molecular weight is 292 g/mol. The van der Waals surface area contributed by atoms with E-state index in [1.807, 2.05) is 79.3 Å². The molecule has 112 valence electrons. The van der Waals surface area contributed by atoms with Gasteiger partial charge in [0.15, 0.2) is 0 Å². The van der Waals surface area contributed by atoms with E-state index in [2.05, 4.69) is 0 Å². The van der Waals surface area contributed by atoms with Gasteiger partial charge in [-0.3, -0.25) is 0 Å². The third-order valence-corrected chi connectivity index (χ3v) is 4.40. The van der Waals surface area contributed by atoms with Crippen LogP contribution in [0.5, 0.6) is 0 Å². The van der Waals surface area contributed by atoms with Gasteiger partial charge in [-0.05, 0) is 17.2 Å². The van der Waals surface area contributed by atoms with Crippen molar-refractivity contribution in [2.45, 2.75) is 18.8 Å². The molecular weight excluding hydrogens is 274 g/mol. The summed E-state index contributed by atoms with van der Waals surface area (Å²) in [6, 6.07) is 17.8. The molecule has 0 aliphatic carbocycles. The first-order chi connectivity index (χ1) is 10.5. The molecule has 0 saturated heterocycles. The van der Waals surface area contributed by atoms with Crippen molar-refractivity contribution in [3.05, 3.63) is 71.9 Å². The standard InChI is InChI=1S/C19H19NO2/c1-19(12-18(21)22,14-8-4-3-5-9-14)16-13-20(2)17-11-7-6-10-15(16)17/h3-11,13H,12H2,1-2H3,(H,21,22)/p-1. The second-order valence-corrected chi connectivity index (χ2v) is 5.92. The number of nitrogens with zero attached hydrogens (tertiary/aromatic N) is 1. The number of fused-ring (bicyclic) bond motifs is 1. The molecule has 0 aliphatic heterocycles. The lowest BCUT2D eigenvalue weighted by atomic mass is 9.73. The highest BCUT2D eigenvalue weighted by molar-refractivity contribution is 5.86. The minimum atomic E-state index is -1.04. The van der Waals surface area contributed by atoms with E-state index in [0.29, 0.717) is 0 Å². The molecule has 0 bridgehead atoms. The van der Waals surface area contributed by atoms with Crippen molar-refractivity contribution in [1.29, 1.82) is 0 Å². The highest BCUT2D eigenvalue weighted by Crippen LogP contribution is 2.39. The molecule has 1 unspecified atom stereocenters. The van der Waals surface area contributed by atoms with Crippen LogP contribution in [0.4, 0.5) is 0 Å². The van der Waals surface area contributed by atoms with Crippen LogP contribution < -0.4 is 5.11 Å². The van der Waals surface area contributed by atoms with E-state index in [-0.39, 0.29) is 6.42 Å². The Morgan fingerprint density at radius 2 is 1.73 bits per heavy atom. The minimum absolute atomic E-state index is 0.0506. The molecule has 0 radical (unpaired) electrons. The Bertz CT molecular complexity index is 820. The Hall–Kier alpha value is -2.55. The molecule has 1 aromatic heterocycles. The monoisotopic (exact) mass is 292 g/mol. The molecule has 3 aromatic rings.